The van der Waals surface area contributed by atoms with Gasteiger partial charge in [0.2, 0.25) is 5.69 Å². The quantitative estimate of drug-likeness (QED) is 0.114. The van der Waals surface area contributed by atoms with Gasteiger partial charge in [-0.2, -0.15) is 9.84 Å². The molecule has 3 aliphatic rings. The lowest BCUT2D eigenvalue weighted by Gasteiger charge is -2.30. The maximum Gasteiger partial charge on any atom is 0.305 e. The third-order valence-corrected chi connectivity index (χ3v) is 9.92. The van der Waals surface area contributed by atoms with E-state index in [0.29, 0.717) is 16.7 Å². The second kappa shape index (κ2) is 11.8. The zero-order chi connectivity index (χ0) is 33.7. The van der Waals surface area contributed by atoms with Crippen molar-refractivity contribution in [2.45, 2.75) is 64.7 Å². The molecule has 2 heterocycles. The summed E-state index contributed by atoms with van der Waals surface area (Å²) in [7, 11) is 0. The molecule has 0 unspecified atom stereocenters. The molecule has 0 saturated carbocycles. The van der Waals surface area contributed by atoms with Crippen molar-refractivity contribution < 1.29 is 19.3 Å². The third-order valence-electron chi connectivity index (χ3n) is 9.92. The molecule has 3 aromatic carbocycles. The van der Waals surface area contributed by atoms with E-state index in [1.54, 1.807) is 6.08 Å². The predicted octanol–water partition coefficient (Wildman–Crippen LogP) is 7.67. The predicted molar refractivity (Wildman–Crippen MR) is 186 cm³/mol. The molecule has 0 spiro atoms. The molecular weight excluding hydrogens is 584 g/mol. The lowest BCUT2D eigenvalue weighted by Crippen LogP contribution is -2.33. The number of hydrogen-bond donors (Lipinski definition) is 1. The van der Waals surface area contributed by atoms with Crippen molar-refractivity contribution in [2.75, 3.05) is 18.0 Å². The lowest BCUT2D eigenvalue weighted by atomic mass is 9.73. The fourth-order valence-electron chi connectivity index (χ4n) is 7.41. The maximum atomic E-state index is 14.2. The summed E-state index contributed by atoms with van der Waals surface area (Å²) in [5, 5.41) is 32.0. The number of para-hydroxylation sites is 1. The normalized spacial score (nSPS) is 19.1. The molecule has 6 rings (SSSR count). The Morgan fingerprint density at radius 2 is 1.72 bits per heavy atom. The molecule has 0 bridgehead atoms. The summed E-state index contributed by atoms with van der Waals surface area (Å²) in [5.74, 6) is 0.888. The van der Waals surface area contributed by atoms with E-state index < -0.39 is 16.8 Å². The molecule has 0 saturated heterocycles. The number of carboxylic acid groups (broad SMARTS) is 1. The zero-order valence-electron chi connectivity index (χ0n) is 27.5. The summed E-state index contributed by atoms with van der Waals surface area (Å²) in [6, 6.07) is 22.5. The van der Waals surface area contributed by atoms with E-state index in [1.807, 2.05) is 73.2 Å². The van der Waals surface area contributed by atoms with Gasteiger partial charge in [0.1, 0.15) is 12.6 Å². The van der Waals surface area contributed by atoms with E-state index in [-0.39, 0.29) is 24.3 Å². The molecule has 236 valence electrons. The first-order valence-corrected chi connectivity index (χ1v) is 16.1. The van der Waals surface area contributed by atoms with Crippen molar-refractivity contribution in [2.24, 2.45) is 0 Å². The van der Waals surface area contributed by atoms with Crippen molar-refractivity contribution in [3.8, 4) is 6.07 Å². The largest absolute Gasteiger partial charge is 0.762 e. The van der Waals surface area contributed by atoms with Crippen molar-refractivity contribution in [3.63, 3.8) is 0 Å². The number of rotatable bonds is 9. The van der Waals surface area contributed by atoms with Gasteiger partial charge in [0.05, 0.1) is 22.8 Å². The minimum atomic E-state index is -0.918. The summed E-state index contributed by atoms with van der Waals surface area (Å²) in [6.07, 6.45) is 5.54. The van der Waals surface area contributed by atoms with Gasteiger partial charge < -0.3 is 15.4 Å². The third kappa shape index (κ3) is 4.97. The average Bonchev–Trinajstić information content (AvgIpc) is 3.41. The molecule has 0 fully saturated rings. The number of ketones is 1. The van der Waals surface area contributed by atoms with Crippen molar-refractivity contribution in [1.29, 1.82) is 5.26 Å². The summed E-state index contributed by atoms with van der Waals surface area (Å²) in [6.45, 7) is 11.5. The molecule has 0 aromatic heterocycles. The Labute approximate surface area is 275 Å². The zero-order valence-corrected chi connectivity index (χ0v) is 27.5. The number of aliphatic carboxylic acids is 1. The summed E-state index contributed by atoms with van der Waals surface area (Å²) in [4.78, 5) is 27.8. The maximum absolute atomic E-state index is 14.2. The Hall–Kier alpha value is -5.31. The summed E-state index contributed by atoms with van der Waals surface area (Å²) < 4.78 is 2.32. The highest BCUT2D eigenvalue weighted by Gasteiger charge is 2.48. The highest BCUT2D eigenvalue weighted by Crippen LogP contribution is 2.50. The van der Waals surface area contributed by atoms with Crippen LogP contribution in [0.25, 0.3) is 16.2 Å². The monoisotopic (exact) mass is 622 g/mol. The molecule has 0 atom stereocenters. The second-order valence-electron chi connectivity index (χ2n) is 13.4. The van der Waals surface area contributed by atoms with Crippen molar-refractivity contribution >= 4 is 45.5 Å². The number of benzene rings is 3. The second-order valence-corrected chi connectivity index (χ2v) is 13.4. The Bertz CT molecular complexity index is 2090. The number of carbonyl (C=O) groups is 2. The highest BCUT2D eigenvalue weighted by molar-refractivity contribution is 6.27. The molecule has 0 amide bonds. The van der Waals surface area contributed by atoms with Crippen LogP contribution < -0.4 is 4.90 Å². The van der Waals surface area contributed by atoms with E-state index in [9.17, 15) is 25.4 Å². The average molecular weight is 623 g/mol. The fourth-order valence-corrected chi connectivity index (χ4v) is 7.41. The van der Waals surface area contributed by atoms with E-state index in [1.165, 1.54) is 5.56 Å². The van der Waals surface area contributed by atoms with E-state index in [4.69, 9.17) is 0 Å². The van der Waals surface area contributed by atoms with Gasteiger partial charge in [0.15, 0.2) is 11.5 Å². The molecule has 1 N–H and O–H groups in total. The topological polar surface area (TPSA) is 107 Å². The first kappa shape index (κ1) is 31.7. The molecule has 2 aliphatic heterocycles. The van der Waals surface area contributed by atoms with E-state index >= 15 is 0 Å². The lowest BCUT2D eigenvalue weighted by molar-refractivity contribution is -0.436. The molecule has 7 heteroatoms. The first-order valence-electron chi connectivity index (χ1n) is 16.1. The molecule has 1 aliphatic carbocycles. The van der Waals surface area contributed by atoms with Gasteiger partial charge >= 0.3 is 5.97 Å². The molecule has 0 radical (unpaired) electrons. The molecule has 47 heavy (non-hydrogen) atoms. The summed E-state index contributed by atoms with van der Waals surface area (Å²) >= 11 is 0. The minimum Gasteiger partial charge on any atom is -0.762 e. The van der Waals surface area contributed by atoms with Gasteiger partial charge in [-0.1, -0.05) is 75.7 Å². The minimum absolute atomic E-state index is 0.0865. The van der Waals surface area contributed by atoms with Crippen LogP contribution in [0.5, 0.6) is 0 Å². The van der Waals surface area contributed by atoms with Crippen LogP contribution in [0.15, 0.2) is 101 Å². The number of carbonyl (C=O) groups excluding carboxylic acids is 1. The highest BCUT2D eigenvalue weighted by atomic mass is 16.4. The number of fused-ring (bicyclic) bond motifs is 4. The van der Waals surface area contributed by atoms with Crippen molar-refractivity contribution in [1.82, 2.24) is 0 Å². The number of Topliss-reactive ketones (excluding diaryl/α,β-unsaturated/α-hetero) is 1. The van der Waals surface area contributed by atoms with Crippen molar-refractivity contribution in [3.05, 3.63) is 117 Å². The number of unbranched alkanes of at least 4 members (excludes halogenated alkanes) is 1. The van der Waals surface area contributed by atoms with Gasteiger partial charge in [0, 0.05) is 58.1 Å². The van der Waals surface area contributed by atoms with E-state index in [2.05, 4.69) is 49.6 Å². The number of anilines is 1. The summed E-state index contributed by atoms with van der Waals surface area (Å²) in [5.41, 5.74) is 5.81. The standard InChI is InChI=1S/C40H38N4O3/c1-6-7-19-44-34(40(4,5)31-17-16-25-12-8-9-13-27(25)37(31)44)22-29-36(26(23-41)24-42)28(38(29)47)21-33-39(2,3)30-14-10-11-15-32(30)43(33)20-18-35(45)46/h8-17,21-22H,6-7,18-20H2,1-5H3,(H,45,46). The Kier molecular flexibility index (Phi) is 7.95. The van der Waals surface area contributed by atoms with Crippen LogP contribution in [0, 0.1) is 11.3 Å². The van der Waals surface area contributed by atoms with Crippen LogP contribution in [-0.2, 0) is 20.4 Å². The SMILES string of the molecule is CCCC[N+]1=C(/C=C2\C(=O)C(/C=C3\N(CCC(=O)O)c4ccccc4C3(C)C)=C2C(=C=[N-])C#N)C(C)(C)c2ccc3ccccc3c21. The van der Waals surface area contributed by atoms with Gasteiger partial charge in [0.25, 0.3) is 0 Å². The van der Waals surface area contributed by atoms with E-state index in [0.717, 1.165) is 58.5 Å². The van der Waals surface area contributed by atoms with Crippen LogP contribution in [0.3, 0.4) is 0 Å². The van der Waals surface area contributed by atoms with Crippen LogP contribution in [0.4, 0.5) is 11.4 Å². The molecule has 7 nitrogen and oxygen atoms in total. The number of nitriles is 1. The molecule has 3 aromatic rings. The number of carboxylic acids is 1. The number of nitrogens with zero attached hydrogens (tertiary/aromatic N) is 4. The van der Waals surface area contributed by atoms with Gasteiger partial charge in [-0.25, -0.2) is 5.87 Å². The van der Waals surface area contributed by atoms with Gasteiger partial charge in [-0.15, -0.1) is 0 Å². The Morgan fingerprint density at radius 1 is 1.00 bits per heavy atom. The van der Waals surface area contributed by atoms with Crippen LogP contribution >= 0.6 is 0 Å². The van der Waals surface area contributed by atoms with Crippen LogP contribution in [0.2, 0.25) is 0 Å². The fraction of sp³-hybridized carbons (Fsp3) is 0.300. The number of hydrogen-bond acceptors (Lipinski definition) is 4. The Balaban J connectivity index is 1.56. The van der Waals surface area contributed by atoms with Crippen LogP contribution in [0.1, 0.15) is 65.0 Å². The smallest absolute Gasteiger partial charge is 0.305 e. The van der Waals surface area contributed by atoms with Gasteiger partial charge in [-0.05, 0) is 43.0 Å². The number of allylic oxidation sites excluding steroid dienone is 7. The van der Waals surface area contributed by atoms with Crippen LogP contribution in [-0.4, -0.2) is 46.1 Å². The molecular formula is C40H38N4O3. The van der Waals surface area contributed by atoms with Gasteiger partial charge in [-0.3, -0.25) is 9.59 Å². The Morgan fingerprint density at radius 3 is 2.43 bits per heavy atom. The first-order chi connectivity index (χ1) is 22.5.